The van der Waals surface area contributed by atoms with Gasteiger partial charge in [0.1, 0.15) is 10.6 Å². The van der Waals surface area contributed by atoms with Crippen molar-refractivity contribution in [3.63, 3.8) is 0 Å². The lowest BCUT2D eigenvalue weighted by Gasteiger charge is -2.37. The van der Waals surface area contributed by atoms with Crippen LogP contribution in [-0.2, 0) is 22.4 Å². The van der Waals surface area contributed by atoms with Crippen LogP contribution in [-0.4, -0.2) is 89.7 Å². The number of morpholine rings is 1. The summed E-state index contributed by atoms with van der Waals surface area (Å²) in [7, 11) is 0. The molecule has 0 N–H and O–H groups in total. The minimum atomic E-state index is 0.219. The second-order valence-electron chi connectivity index (χ2n) is 8.91. The Hall–Kier alpha value is -2.62. The van der Waals surface area contributed by atoms with Crippen molar-refractivity contribution in [2.24, 2.45) is 0 Å². The molecule has 9 heteroatoms. The quantitative estimate of drug-likeness (QED) is 0.586. The highest BCUT2D eigenvalue weighted by atomic mass is 32.1. The number of thiophene rings is 1. The molecule has 3 aromatic rings. The molecule has 0 aromatic carbocycles. The minimum Gasteiger partial charge on any atom is -0.379 e. The van der Waals surface area contributed by atoms with Gasteiger partial charge in [0, 0.05) is 62.1 Å². The SMILES string of the molecule is O=C(CN1CCOCC1)N1CCN(c2nc(-c3cccnc3)nc3sc4c(c23)CCC4)CC1. The number of nitrogens with zero attached hydrogens (tertiary/aromatic N) is 6. The molecule has 33 heavy (non-hydrogen) atoms. The predicted octanol–water partition coefficient (Wildman–Crippen LogP) is 2.22. The highest BCUT2D eigenvalue weighted by Crippen LogP contribution is 2.41. The third-order valence-electron chi connectivity index (χ3n) is 6.86. The zero-order chi connectivity index (χ0) is 22.2. The van der Waals surface area contributed by atoms with E-state index in [1.165, 1.54) is 22.2 Å². The molecule has 2 aliphatic heterocycles. The van der Waals surface area contributed by atoms with E-state index in [9.17, 15) is 4.79 Å². The number of rotatable bonds is 4. The van der Waals surface area contributed by atoms with Crippen LogP contribution in [0.1, 0.15) is 16.9 Å². The molecule has 2 fully saturated rings. The molecule has 8 nitrogen and oxygen atoms in total. The number of hydrogen-bond donors (Lipinski definition) is 0. The fourth-order valence-corrected chi connectivity index (χ4v) is 6.30. The van der Waals surface area contributed by atoms with E-state index in [0.717, 1.165) is 87.4 Å². The number of fused-ring (bicyclic) bond motifs is 3. The number of aromatic nitrogens is 3. The maximum atomic E-state index is 12.9. The van der Waals surface area contributed by atoms with Crippen LogP contribution in [0.4, 0.5) is 5.82 Å². The molecule has 3 aromatic heterocycles. The molecule has 0 saturated carbocycles. The normalized spacial score (nSPS) is 19.3. The first-order valence-electron chi connectivity index (χ1n) is 11.8. The zero-order valence-corrected chi connectivity index (χ0v) is 19.5. The summed E-state index contributed by atoms with van der Waals surface area (Å²) in [5.41, 5.74) is 2.38. The Bertz CT molecular complexity index is 1150. The molecule has 0 atom stereocenters. The molecule has 1 amide bonds. The summed E-state index contributed by atoms with van der Waals surface area (Å²) in [6, 6.07) is 3.94. The largest absolute Gasteiger partial charge is 0.379 e. The molecule has 6 rings (SSSR count). The fraction of sp³-hybridized carbons (Fsp3) is 0.500. The summed E-state index contributed by atoms with van der Waals surface area (Å²) in [4.78, 5) is 36.2. The van der Waals surface area contributed by atoms with Crippen LogP contribution in [0.3, 0.4) is 0 Å². The van der Waals surface area contributed by atoms with Crippen molar-refractivity contribution in [1.29, 1.82) is 0 Å². The van der Waals surface area contributed by atoms with Gasteiger partial charge < -0.3 is 14.5 Å². The third kappa shape index (κ3) is 4.09. The van der Waals surface area contributed by atoms with E-state index in [0.29, 0.717) is 6.54 Å². The van der Waals surface area contributed by atoms with Crippen LogP contribution in [0.15, 0.2) is 24.5 Å². The minimum absolute atomic E-state index is 0.219. The Morgan fingerprint density at radius 1 is 1.06 bits per heavy atom. The van der Waals surface area contributed by atoms with Gasteiger partial charge in [0.2, 0.25) is 5.91 Å². The maximum Gasteiger partial charge on any atom is 0.236 e. The standard InChI is InChI=1S/C24H28N6O2S/c31-20(16-28-11-13-32-14-12-28)29-7-9-30(10-8-29)23-21-18-4-1-5-19(18)33-24(21)27-22(26-23)17-3-2-6-25-15-17/h2-3,6,15H,1,4-5,7-14,16H2. The van der Waals surface area contributed by atoms with Gasteiger partial charge in [-0.15, -0.1) is 11.3 Å². The summed E-state index contributed by atoms with van der Waals surface area (Å²) >= 11 is 1.82. The van der Waals surface area contributed by atoms with E-state index < -0.39 is 0 Å². The van der Waals surface area contributed by atoms with Crippen LogP contribution in [0.2, 0.25) is 0 Å². The van der Waals surface area contributed by atoms with Gasteiger partial charge >= 0.3 is 0 Å². The second kappa shape index (κ2) is 8.96. The molecule has 1 aliphatic carbocycles. The maximum absolute atomic E-state index is 12.9. The van der Waals surface area contributed by atoms with Crippen LogP contribution in [0.5, 0.6) is 0 Å². The number of pyridine rings is 1. The van der Waals surface area contributed by atoms with Gasteiger partial charge in [-0.05, 0) is 37.0 Å². The molecule has 0 radical (unpaired) electrons. The zero-order valence-electron chi connectivity index (χ0n) is 18.7. The monoisotopic (exact) mass is 464 g/mol. The van der Waals surface area contributed by atoms with Crippen LogP contribution < -0.4 is 4.90 Å². The van der Waals surface area contributed by atoms with Gasteiger partial charge in [0.15, 0.2) is 5.82 Å². The molecule has 0 bridgehead atoms. The number of aryl methyl sites for hydroxylation is 2. The van der Waals surface area contributed by atoms with Crippen LogP contribution in [0.25, 0.3) is 21.6 Å². The van der Waals surface area contributed by atoms with Crippen molar-refractivity contribution in [2.45, 2.75) is 19.3 Å². The Labute approximate surface area is 197 Å². The molecule has 0 spiro atoms. The predicted molar refractivity (Wildman–Crippen MR) is 129 cm³/mol. The summed E-state index contributed by atoms with van der Waals surface area (Å²) in [6.07, 6.45) is 7.06. The second-order valence-corrected chi connectivity index (χ2v) is 9.99. The van der Waals surface area contributed by atoms with Crippen molar-refractivity contribution in [3.05, 3.63) is 35.0 Å². The Kier molecular flexibility index (Phi) is 5.69. The Balaban J connectivity index is 1.25. The van der Waals surface area contributed by atoms with Crippen LogP contribution >= 0.6 is 11.3 Å². The van der Waals surface area contributed by atoms with Gasteiger partial charge in [0.05, 0.1) is 25.1 Å². The summed E-state index contributed by atoms with van der Waals surface area (Å²) in [5.74, 6) is 1.98. The average molecular weight is 465 g/mol. The fourth-order valence-electron chi connectivity index (χ4n) is 5.05. The van der Waals surface area contributed by atoms with Crippen molar-refractivity contribution in [3.8, 4) is 11.4 Å². The Morgan fingerprint density at radius 2 is 1.91 bits per heavy atom. The van der Waals surface area contributed by atoms with Gasteiger partial charge in [-0.1, -0.05) is 0 Å². The lowest BCUT2D eigenvalue weighted by molar-refractivity contribution is -0.133. The number of piperazine rings is 1. The van der Waals surface area contributed by atoms with E-state index in [-0.39, 0.29) is 5.91 Å². The van der Waals surface area contributed by atoms with Gasteiger partial charge in [-0.25, -0.2) is 9.97 Å². The number of hydrogen-bond acceptors (Lipinski definition) is 8. The smallest absolute Gasteiger partial charge is 0.236 e. The molecular weight excluding hydrogens is 436 g/mol. The van der Waals surface area contributed by atoms with E-state index in [4.69, 9.17) is 14.7 Å². The van der Waals surface area contributed by atoms with Crippen molar-refractivity contribution in [1.82, 2.24) is 24.8 Å². The highest BCUT2D eigenvalue weighted by molar-refractivity contribution is 7.19. The molecule has 3 aliphatic rings. The van der Waals surface area contributed by atoms with E-state index in [1.807, 2.05) is 34.6 Å². The van der Waals surface area contributed by atoms with E-state index in [2.05, 4.69) is 14.8 Å². The van der Waals surface area contributed by atoms with Crippen molar-refractivity contribution < 1.29 is 9.53 Å². The topological polar surface area (TPSA) is 74.7 Å². The lowest BCUT2D eigenvalue weighted by Crippen LogP contribution is -2.52. The first kappa shape index (κ1) is 20.9. The molecule has 0 unspecified atom stereocenters. The first-order valence-corrected chi connectivity index (χ1v) is 12.6. The van der Waals surface area contributed by atoms with Gasteiger partial charge in [-0.2, -0.15) is 0 Å². The van der Waals surface area contributed by atoms with Crippen molar-refractivity contribution >= 4 is 33.3 Å². The molecule has 2 saturated heterocycles. The third-order valence-corrected chi connectivity index (χ3v) is 8.05. The number of carbonyl (C=O) groups is 1. The summed E-state index contributed by atoms with van der Waals surface area (Å²) < 4.78 is 5.40. The van der Waals surface area contributed by atoms with E-state index in [1.54, 1.807) is 6.20 Å². The number of carbonyl (C=O) groups excluding carboxylic acids is 1. The summed E-state index contributed by atoms with van der Waals surface area (Å²) in [5, 5.41) is 1.23. The summed E-state index contributed by atoms with van der Waals surface area (Å²) in [6.45, 7) is 6.63. The highest BCUT2D eigenvalue weighted by Gasteiger charge is 2.29. The number of amides is 1. The van der Waals surface area contributed by atoms with Gasteiger partial charge in [0.25, 0.3) is 0 Å². The van der Waals surface area contributed by atoms with Crippen LogP contribution in [0, 0.1) is 0 Å². The van der Waals surface area contributed by atoms with E-state index >= 15 is 0 Å². The molecule has 5 heterocycles. The molecular formula is C24H28N6O2S. The lowest BCUT2D eigenvalue weighted by atomic mass is 10.1. The Morgan fingerprint density at radius 3 is 2.70 bits per heavy atom. The average Bonchev–Trinajstić information content (AvgIpc) is 3.46. The number of anilines is 1. The number of ether oxygens (including phenoxy) is 1. The first-order chi connectivity index (χ1) is 16.3. The van der Waals surface area contributed by atoms with Gasteiger partial charge in [-0.3, -0.25) is 14.7 Å². The van der Waals surface area contributed by atoms with Crippen molar-refractivity contribution in [2.75, 3.05) is 63.9 Å². The molecule has 172 valence electrons.